The van der Waals surface area contributed by atoms with Gasteiger partial charge in [0.1, 0.15) is 5.75 Å². The van der Waals surface area contributed by atoms with Gasteiger partial charge in [0.05, 0.1) is 18.7 Å². The van der Waals surface area contributed by atoms with E-state index in [2.05, 4.69) is 5.32 Å². The summed E-state index contributed by atoms with van der Waals surface area (Å²) in [5, 5.41) is 3.35. The Hall–Kier alpha value is -1.06. The number of carbonyl (C=O) groups is 1. The van der Waals surface area contributed by atoms with Crippen LogP contribution < -0.4 is 10.1 Å². The molecule has 1 aromatic rings. The van der Waals surface area contributed by atoms with Gasteiger partial charge in [0.25, 0.3) is 0 Å². The highest BCUT2D eigenvalue weighted by molar-refractivity contribution is 6.32. The van der Waals surface area contributed by atoms with Crippen molar-refractivity contribution in [1.29, 1.82) is 0 Å². The SMILES string of the molecule is CNCC(=O)c1cc(OC)c(Cl)cc1C. The van der Waals surface area contributed by atoms with E-state index in [-0.39, 0.29) is 5.78 Å². The van der Waals surface area contributed by atoms with Crippen molar-refractivity contribution in [3.63, 3.8) is 0 Å². The van der Waals surface area contributed by atoms with Crippen molar-refractivity contribution in [3.8, 4) is 5.75 Å². The number of benzene rings is 1. The van der Waals surface area contributed by atoms with Crippen LogP contribution in [0.15, 0.2) is 12.1 Å². The average Bonchev–Trinajstić information content (AvgIpc) is 2.18. The van der Waals surface area contributed by atoms with Crippen LogP contribution in [0.1, 0.15) is 15.9 Å². The van der Waals surface area contributed by atoms with Crippen LogP contribution in [0.25, 0.3) is 0 Å². The second-order valence-corrected chi connectivity index (χ2v) is 3.66. The predicted molar refractivity (Wildman–Crippen MR) is 61.0 cm³/mol. The normalized spacial score (nSPS) is 10.1. The van der Waals surface area contributed by atoms with Crippen molar-refractivity contribution < 1.29 is 9.53 Å². The van der Waals surface area contributed by atoms with E-state index in [1.807, 2.05) is 6.92 Å². The Labute approximate surface area is 94.4 Å². The van der Waals surface area contributed by atoms with Crippen LogP contribution in [0.3, 0.4) is 0 Å². The second kappa shape index (κ2) is 5.14. The van der Waals surface area contributed by atoms with Gasteiger partial charge in [-0.05, 0) is 31.7 Å². The highest BCUT2D eigenvalue weighted by atomic mass is 35.5. The summed E-state index contributed by atoms with van der Waals surface area (Å²) in [7, 11) is 3.27. The summed E-state index contributed by atoms with van der Waals surface area (Å²) in [5.74, 6) is 0.562. The first-order valence-corrected chi connectivity index (χ1v) is 5.00. The third-order valence-corrected chi connectivity index (χ3v) is 2.43. The lowest BCUT2D eigenvalue weighted by atomic mass is 10.0. The molecule has 0 aliphatic carbocycles. The first kappa shape index (κ1) is 12.0. The molecule has 0 aromatic heterocycles. The fourth-order valence-corrected chi connectivity index (χ4v) is 1.66. The van der Waals surface area contributed by atoms with Crippen LogP contribution in [0.2, 0.25) is 5.02 Å². The lowest BCUT2D eigenvalue weighted by molar-refractivity contribution is 0.0992. The number of ether oxygens (including phenoxy) is 1. The minimum Gasteiger partial charge on any atom is -0.495 e. The number of hydrogen-bond acceptors (Lipinski definition) is 3. The number of hydrogen-bond donors (Lipinski definition) is 1. The monoisotopic (exact) mass is 227 g/mol. The van der Waals surface area contributed by atoms with Crippen LogP contribution >= 0.6 is 11.6 Å². The van der Waals surface area contributed by atoms with E-state index in [0.29, 0.717) is 22.9 Å². The number of likely N-dealkylation sites (N-methyl/N-ethyl adjacent to an activating group) is 1. The largest absolute Gasteiger partial charge is 0.495 e. The topological polar surface area (TPSA) is 38.3 Å². The van der Waals surface area contributed by atoms with Gasteiger partial charge in [0.15, 0.2) is 5.78 Å². The van der Waals surface area contributed by atoms with Gasteiger partial charge >= 0.3 is 0 Å². The Kier molecular flexibility index (Phi) is 4.12. The molecule has 0 saturated heterocycles. The van der Waals surface area contributed by atoms with Gasteiger partial charge in [0, 0.05) is 5.56 Å². The Morgan fingerprint density at radius 1 is 1.53 bits per heavy atom. The van der Waals surface area contributed by atoms with Crippen LogP contribution in [0, 0.1) is 6.92 Å². The zero-order chi connectivity index (χ0) is 11.4. The fraction of sp³-hybridized carbons (Fsp3) is 0.364. The number of rotatable bonds is 4. The first-order valence-electron chi connectivity index (χ1n) is 4.62. The Morgan fingerprint density at radius 2 is 2.20 bits per heavy atom. The molecule has 82 valence electrons. The van der Waals surface area contributed by atoms with E-state index in [1.165, 1.54) is 7.11 Å². The average molecular weight is 228 g/mol. The maximum atomic E-state index is 11.7. The van der Waals surface area contributed by atoms with Gasteiger partial charge in [0.2, 0.25) is 0 Å². The number of aryl methyl sites for hydroxylation is 1. The molecular weight excluding hydrogens is 214 g/mol. The first-order chi connectivity index (χ1) is 7.10. The van der Waals surface area contributed by atoms with Crippen LogP contribution in [0.4, 0.5) is 0 Å². The molecule has 0 aliphatic heterocycles. The Morgan fingerprint density at radius 3 is 2.73 bits per heavy atom. The van der Waals surface area contributed by atoms with Gasteiger partial charge < -0.3 is 10.1 Å². The molecule has 0 atom stereocenters. The minimum atomic E-state index is 0.0324. The zero-order valence-electron chi connectivity index (χ0n) is 9.06. The van der Waals surface area contributed by atoms with Gasteiger partial charge in [-0.25, -0.2) is 0 Å². The maximum absolute atomic E-state index is 11.7. The number of halogens is 1. The van der Waals surface area contributed by atoms with Crippen molar-refractivity contribution in [3.05, 3.63) is 28.3 Å². The quantitative estimate of drug-likeness (QED) is 0.801. The molecule has 1 rings (SSSR count). The van der Waals surface area contributed by atoms with Crippen LogP contribution in [-0.2, 0) is 0 Å². The van der Waals surface area contributed by atoms with Crippen molar-refractivity contribution in [1.82, 2.24) is 5.32 Å². The zero-order valence-corrected chi connectivity index (χ0v) is 9.81. The second-order valence-electron chi connectivity index (χ2n) is 3.26. The van der Waals surface area contributed by atoms with Crippen molar-refractivity contribution in [2.75, 3.05) is 20.7 Å². The van der Waals surface area contributed by atoms with Crippen LogP contribution in [-0.4, -0.2) is 26.5 Å². The van der Waals surface area contributed by atoms with E-state index < -0.39 is 0 Å². The minimum absolute atomic E-state index is 0.0324. The summed E-state index contributed by atoms with van der Waals surface area (Å²) < 4.78 is 5.06. The predicted octanol–water partition coefficient (Wildman–Crippen LogP) is 2.06. The third-order valence-electron chi connectivity index (χ3n) is 2.14. The van der Waals surface area contributed by atoms with E-state index in [0.717, 1.165) is 5.56 Å². The smallest absolute Gasteiger partial charge is 0.176 e. The molecule has 0 saturated carbocycles. The molecule has 0 fully saturated rings. The van der Waals surface area contributed by atoms with Crippen molar-refractivity contribution >= 4 is 17.4 Å². The van der Waals surface area contributed by atoms with Gasteiger partial charge in [-0.15, -0.1) is 0 Å². The summed E-state index contributed by atoms with van der Waals surface area (Å²) in [6.07, 6.45) is 0. The van der Waals surface area contributed by atoms with Gasteiger partial charge in [-0.3, -0.25) is 4.79 Å². The highest BCUT2D eigenvalue weighted by Crippen LogP contribution is 2.27. The molecule has 1 aromatic carbocycles. The molecule has 4 heteroatoms. The molecule has 0 bridgehead atoms. The summed E-state index contributed by atoms with van der Waals surface area (Å²) in [5.41, 5.74) is 1.51. The van der Waals surface area contributed by atoms with E-state index in [4.69, 9.17) is 16.3 Å². The van der Waals surface area contributed by atoms with E-state index in [1.54, 1.807) is 19.2 Å². The van der Waals surface area contributed by atoms with Gasteiger partial charge in [-0.1, -0.05) is 11.6 Å². The number of nitrogens with one attached hydrogen (secondary N) is 1. The number of methoxy groups -OCH3 is 1. The summed E-state index contributed by atoms with van der Waals surface area (Å²) >= 11 is 5.93. The summed E-state index contributed by atoms with van der Waals surface area (Å²) in [6, 6.07) is 3.42. The fourth-order valence-electron chi connectivity index (χ4n) is 1.37. The van der Waals surface area contributed by atoms with Crippen LogP contribution in [0.5, 0.6) is 5.75 Å². The molecule has 0 heterocycles. The molecule has 0 spiro atoms. The Balaban J connectivity index is 3.12. The van der Waals surface area contributed by atoms with Crippen molar-refractivity contribution in [2.24, 2.45) is 0 Å². The summed E-state index contributed by atoms with van der Waals surface area (Å²) in [6.45, 7) is 2.17. The molecule has 3 nitrogen and oxygen atoms in total. The maximum Gasteiger partial charge on any atom is 0.176 e. The molecule has 0 unspecified atom stereocenters. The number of ketones is 1. The highest BCUT2D eigenvalue weighted by Gasteiger charge is 2.12. The van der Waals surface area contributed by atoms with E-state index in [9.17, 15) is 4.79 Å². The molecular formula is C11H14ClNO2. The third kappa shape index (κ3) is 2.70. The number of carbonyl (C=O) groups excluding carboxylic acids is 1. The molecule has 0 aliphatic rings. The molecule has 1 N–H and O–H groups in total. The standard InChI is InChI=1S/C11H14ClNO2/c1-7-4-9(12)11(15-3)5-8(7)10(14)6-13-2/h4-5,13H,6H2,1-3H3. The Bertz CT molecular complexity index is 377. The molecule has 0 radical (unpaired) electrons. The van der Waals surface area contributed by atoms with E-state index >= 15 is 0 Å². The summed E-state index contributed by atoms with van der Waals surface area (Å²) in [4.78, 5) is 11.7. The van der Waals surface area contributed by atoms with Crippen molar-refractivity contribution in [2.45, 2.75) is 6.92 Å². The lowest BCUT2D eigenvalue weighted by Gasteiger charge is -2.09. The lowest BCUT2D eigenvalue weighted by Crippen LogP contribution is -2.19. The number of Topliss-reactive ketones (excluding diaryl/α,β-unsaturated/α-hetero) is 1. The molecule has 0 amide bonds. The van der Waals surface area contributed by atoms with Gasteiger partial charge in [-0.2, -0.15) is 0 Å². The molecule has 15 heavy (non-hydrogen) atoms.